The molecule has 1 aromatic carbocycles. The summed E-state index contributed by atoms with van der Waals surface area (Å²) in [5, 5.41) is 9.38. The average molecular weight is 283 g/mol. The molecule has 0 aliphatic carbocycles. The summed E-state index contributed by atoms with van der Waals surface area (Å²) in [6, 6.07) is 5.56. The molecule has 1 N–H and O–H groups in total. The Morgan fingerprint density at radius 1 is 1.16 bits per heavy atom. The Morgan fingerprint density at radius 2 is 1.79 bits per heavy atom. The molecule has 7 nitrogen and oxygen atoms in total. The van der Waals surface area contributed by atoms with Crippen molar-refractivity contribution >= 4 is 21.9 Å². The minimum Gasteiger partial charge on any atom is -0.508 e. The predicted octanol–water partition coefficient (Wildman–Crippen LogP) is 0.0786. The summed E-state index contributed by atoms with van der Waals surface area (Å²) >= 11 is 0. The maximum Gasteiger partial charge on any atom is 0.292 e. The molecule has 0 saturated heterocycles. The Bertz CT molecular complexity index is 646. The summed E-state index contributed by atoms with van der Waals surface area (Å²) in [5.74, 6) is -2.38. The van der Waals surface area contributed by atoms with E-state index in [-0.39, 0.29) is 16.4 Å². The van der Waals surface area contributed by atoms with Gasteiger partial charge in [0.1, 0.15) is 11.5 Å². The highest BCUT2D eigenvalue weighted by Gasteiger charge is 2.30. The normalized spacial score (nSPS) is 15.3. The van der Waals surface area contributed by atoms with Crippen LogP contribution < -0.4 is 0 Å². The van der Waals surface area contributed by atoms with E-state index in [1.54, 1.807) is 0 Å². The predicted molar refractivity (Wildman–Crippen MR) is 62.8 cm³/mol. The van der Waals surface area contributed by atoms with Crippen LogP contribution in [0.15, 0.2) is 36.4 Å². The van der Waals surface area contributed by atoms with E-state index in [4.69, 9.17) is 0 Å². The molecule has 0 bridgehead atoms. The molecular weight excluding hydrogens is 274 g/mol. The summed E-state index contributed by atoms with van der Waals surface area (Å²) in [6.07, 6.45) is 1.82. The molecule has 0 fully saturated rings. The molecule has 2 rings (SSSR count). The molecule has 0 aromatic heterocycles. The number of imide groups is 1. The van der Waals surface area contributed by atoms with Crippen LogP contribution in [0.3, 0.4) is 0 Å². The van der Waals surface area contributed by atoms with Crippen LogP contribution in [0.5, 0.6) is 5.75 Å². The van der Waals surface area contributed by atoms with Gasteiger partial charge in [-0.25, -0.2) is 0 Å². The fourth-order valence-corrected chi connectivity index (χ4v) is 2.46. The molecule has 2 amide bonds. The first-order valence-electron chi connectivity index (χ1n) is 5.14. The maximum atomic E-state index is 11.7. The van der Waals surface area contributed by atoms with Crippen LogP contribution in [0, 0.1) is 0 Å². The zero-order chi connectivity index (χ0) is 14.0. The van der Waals surface area contributed by atoms with Crippen LogP contribution in [0.4, 0.5) is 0 Å². The Kier molecular flexibility index (Phi) is 3.36. The number of hydroxylamine groups is 2. The van der Waals surface area contributed by atoms with Crippen LogP contribution in [0.1, 0.15) is 5.56 Å². The number of hydrogen-bond acceptors (Lipinski definition) is 6. The lowest BCUT2D eigenvalue weighted by Gasteiger charge is -2.12. The van der Waals surface area contributed by atoms with E-state index < -0.39 is 27.7 Å². The highest BCUT2D eigenvalue weighted by Crippen LogP contribution is 2.16. The van der Waals surface area contributed by atoms with Gasteiger partial charge in [0.15, 0.2) is 0 Å². The van der Waals surface area contributed by atoms with E-state index in [1.165, 1.54) is 24.3 Å². The third-order valence-electron chi connectivity index (χ3n) is 2.21. The van der Waals surface area contributed by atoms with Crippen molar-refractivity contribution in [3.05, 3.63) is 42.0 Å². The monoisotopic (exact) mass is 283 g/mol. The van der Waals surface area contributed by atoms with Crippen molar-refractivity contribution < 1.29 is 27.4 Å². The third kappa shape index (κ3) is 3.18. The Labute approximate surface area is 108 Å². The first-order chi connectivity index (χ1) is 8.87. The fraction of sp³-hybridized carbons (Fsp3) is 0.0909. The zero-order valence-corrected chi connectivity index (χ0v) is 10.3. The van der Waals surface area contributed by atoms with Gasteiger partial charge < -0.3 is 5.11 Å². The van der Waals surface area contributed by atoms with Gasteiger partial charge in [-0.2, -0.15) is 8.42 Å². The van der Waals surface area contributed by atoms with Gasteiger partial charge in [0, 0.05) is 12.2 Å². The molecule has 0 saturated carbocycles. The zero-order valence-electron chi connectivity index (χ0n) is 9.52. The number of phenols is 1. The lowest BCUT2D eigenvalue weighted by Crippen LogP contribution is -2.33. The van der Waals surface area contributed by atoms with Gasteiger partial charge in [-0.05, 0) is 17.7 Å². The minimum atomic E-state index is -4.17. The number of rotatable bonds is 4. The summed E-state index contributed by atoms with van der Waals surface area (Å²) < 4.78 is 27.8. The molecular formula is C11H9NO6S. The van der Waals surface area contributed by atoms with E-state index in [9.17, 15) is 23.1 Å². The van der Waals surface area contributed by atoms with Gasteiger partial charge in [-0.3, -0.25) is 9.59 Å². The van der Waals surface area contributed by atoms with Crippen LogP contribution >= 0.6 is 0 Å². The highest BCUT2D eigenvalue weighted by molar-refractivity contribution is 7.85. The number of phenolic OH excluding ortho intramolecular Hbond substituents is 1. The average Bonchev–Trinajstić information content (AvgIpc) is 2.60. The van der Waals surface area contributed by atoms with Gasteiger partial charge in [-0.1, -0.05) is 12.1 Å². The van der Waals surface area contributed by atoms with Gasteiger partial charge in [0.25, 0.3) is 21.9 Å². The van der Waals surface area contributed by atoms with Crippen molar-refractivity contribution in [2.75, 3.05) is 0 Å². The molecule has 0 spiro atoms. The molecule has 1 aliphatic rings. The molecule has 0 unspecified atom stereocenters. The summed E-state index contributed by atoms with van der Waals surface area (Å²) in [5.41, 5.74) is 0.270. The van der Waals surface area contributed by atoms with Crippen molar-refractivity contribution in [2.24, 2.45) is 0 Å². The van der Waals surface area contributed by atoms with Gasteiger partial charge in [-0.15, -0.1) is 9.35 Å². The number of amides is 2. The van der Waals surface area contributed by atoms with E-state index in [1.807, 2.05) is 0 Å². The smallest absolute Gasteiger partial charge is 0.292 e. The SMILES string of the molecule is O=C1C=CC(=O)N1OS(=O)(=O)Cc1cccc(O)c1. The van der Waals surface area contributed by atoms with Crippen molar-refractivity contribution in [2.45, 2.75) is 5.75 Å². The Balaban J connectivity index is 2.11. The molecule has 0 atom stereocenters. The number of benzene rings is 1. The van der Waals surface area contributed by atoms with Crippen LogP contribution in [-0.4, -0.2) is 30.4 Å². The number of nitrogens with zero attached hydrogens (tertiary/aromatic N) is 1. The van der Waals surface area contributed by atoms with Gasteiger partial charge in [0.2, 0.25) is 0 Å². The molecule has 0 radical (unpaired) electrons. The van der Waals surface area contributed by atoms with Crippen molar-refractivity contribution in [1.82, 2.24) is 5.06 Å². The van der Waals surface area contributed by atoms with Crippen LogP contribution in [0.25, 0.3) is 0 Å². The van der Waals surface area contributed by atoms with Crippen molar-refractivity contribution in [3.8, 4) is 5.75 Å². The second kappa shape index (κ2) is 4.82. The number of carbonyl (C=O) groups is 2. The van der Waals surface area contributed by atoms with Crippen molar-refractivity contribution in [3.63, 3.8) is 0 Å². The van der Waals surface area contributed by atoms with Crippen molar-refractivity contribution in [1.29, 1.82) is 0 Å². The minimum absolute atomic E-state index is 0.0947. The van der Waals surface area contributed by atoms with Crippen LogP contribution in [-0.2, 0) is 29.7 Å². The molecule has 1 aliphatic heterocycles. The summed E-state index contributed by atoms with van der Waals surface area (Å²) in [4.78, 5) is 22.3. The first-order valence-corrected chi connectivity index (χ1v) is 6.71. The van der Waals surface area contributed by atoms with Gasteiger partial charge in [0.05, 0.1) is 0 Å². The van der Waals surface area contributed by atoms with Crippen LogP contribution in [0.2, 0.25) is 0 Å². The van der Waals surface area contributed by atoms with E-state index in [0.717, 1.165) is 12.2 Å². The van der Waals surface area contributed by atoms with E-state index in [2.05, 4.69) is 4.28 Å². The fourth-order valence-electron chi connectivity index (χ4n) is 1.45. The van der Waals surface area contributed by atoms with E-state index in [0.29, 0.717) is 0 Å². The summed E-state index contributed by atoms with van der Waals surface area (Å²) in [6.45, 7) is 0. The Morgan fingerprint density at radius 3 is 2.37 bits per heavy atom. The summed E-state index contributed by atoms with van der Waals surface area (Å²) in [7, 11) is -4.17. The Hall–Kier alpha value is -2.19. The molecule has 1 heterocycles. The first kappa shape index (κ1) is 13.2. The molecule has 100 valence electrons. The standard InChI is InChI=1S/C11H9NO6S/c13-9-3-1-2-8(6-9)7-19(16,17)18-12-10(14)4-5-11(12)15/h1-6,13H,7H2. The number of carbonyl (C=O) groups excluding carboxylic acids is 2. The van der Waals surface area contributed by atoms with Gasteiger partial charge >= 0.3 is 0 Å². The third-order valence-corrected chi connectivity index (χ3v) is 3.27. The second-order valence-corrected chi connectivity index (χ2v) is 5.30. The topological polar surface area (TPSA) is 101 Å². The molecule has 19 heavy (non-hydrogen) atoms. The molecule has 1 aromatic rings. The molecule has 8 heteroatoms. The second-order valence-electron chi connectivity index (χ2n) is 3.75. The number of aromatic hydroxyl groups is 1. The largest absolute Gasteiger partial charge is 0.508 e. The lowest BCUT2D eigenvalue weighted by molar-refractivity contribution is -0.161. The van der Waals surface area contributed by atoms with E-state index >= 15 is 0 Å². The lowest BCUT2D eigenvalue weighted by atomic mass is 10.2. The highest BCUT2D eigenvalue weighted by atomic mass is 32.2. The maximum absolute atomic E-state index is 11.7. The quantitative estimate of drug-likeness (QED) is 0.785. The number of hydrogen-bond donors (Lipinski definition) is 1.